The van der Waals surface area contributed by atoms with Crippen molar-refractivity contribution in [2.45, 2.75) is 39.3 Å². The number of hydrogen-bond donors (Lipinski definition) is 2. The van der Waals surface area contributed by atoms with Gasteiger partial charge < -0.3 is 10.4 Å². The minimum absolute atomic E-state index is 0.257. The predicted octanol–water partition coefficient (Wildman–Crippen LogP) is 3.51. The largest absolute Gasteiger partial charge is 0.392 e. The third-order valence-electron chi connectivity index (χ3n) is 2.77. The molecule has 2 atom stereocenters. The summed E-state index contributed by atoms with van der Waals surface area (Å²) in [5.74, 6) is 0.537. The molecule has 0 radical (unpaired) electrons. The molecule has 0 saturated carbocycles. The summed E-state index contributed by atoms with van der Waals surface area (Å²) in [5.41, 5.74) is 1.24. The van der Waals surface area contributed by atoms with E-state index in [0.29, 0.717) is 12.5 Å². The molecule has 0 aliphatic rings. The summed E-state index contributed by atoms with van der Waals surface area (Å²) in [4.78, 5) is 0. The topological polar surface area (TPSA) is 32.3 Å². The lowest BCUT2D eigenvalue weighted by atomic mass is 10.0. The van der Waals surface area contributed by atoms with Crippen LogP contribution in [0.25, 0.3) is 0 Å². The summed E-state index contributed by atoms with van der Waals surface area (Å²) in [6.45, 7) is 7.02. The molecule has 0 bridgehead atoms. The van der Waals surface area contributed by atoms with Gasteiger partial charge in [0.1, 0.15) is 0 Å². The zero-order chi connectivity index (χ0) is 12.8. The molecule has 1 aromatic carbocycles. The quantitative estimate of drug-likeness (QED) is 0.842. The van der Waals surface area contributed by atoms with Crippen LogP contribution in [-0.4, -0.2) is 17.8 Å². The van der Waals surface area contributed by atoms with Crippen LogP contribution in [0.3, 0.4) is 0 Å². The lowest BCUT2D eigenvalue weighted by Crippen LogP contribution is -2.29. The highest BCUT2D eigenvalue weighted by Crippen LogP contribution is 2.16. The summed E-state index contributed by atoms with van der Waals surface area (Å²) < 4.78 is 1.09. The van der Waals surface area contributed by atoms with Gasteiger partial charge in [-0.05, 0) is 37.0 Å². The van der Waals surface area contributed by atoms with Gasteiger partial charge in [-0.15, -0.1) is 0 Å². The first kappa shape index (κ1) is 14.7. The molecule has 17 heavy (non-hydrogen) atoms. The molecule has 0 aliphatic heterocycles. The van der Waals surface area contributed by atoms with Gasteiger partial charge in [0, 0.05) is 17.1 Å². The van der Waals surface area contributed by atoms with E-state index in [9.17, 15) is 5.11 Å². The normalized spacial score (nSPS) is 14.9. The van der Waals surface area contributed by atoms with Crippen molar-refractivity contribution in [2.24, 2.45) is 5.92 Å². The SMILES string of the molecule is CC(C)CC(O)CNC(C)c1ccc(Br)cc1. The molecule has 0 aromatic heterocycles. The predicted molar refractivity (Wildman–Crippen MR) is 76.0 cm³/mol. The van der Waals surface area contributed by atoms with Gasteiger partial charge in [-0.25, -0.2) is 0 Å². The Kier molecular flexibility index (Phi) is 6.17. The van der Waals surface area contributed by atoms with Gasteiger partial charge in [0.15, 0.2) is 0 Å². The van der Waals surface area contributed by atoms with Gasteiger partial charge in [-0.1, -0.05) is 41.9 Å². The Labute approximate surface area is 113 Å². The Morgan fingerprint density at radius 2 is 1.76 bits per heavy atom. The molecule has 0 heterocycles. The van der Waals surface area contributed by atoms with E-state index < -0.39 is 0 Å². The Balaban J connectivity index is 2.39. The average molecular weight is 300 g/mol. The van der Waals surface area contributed by atoms with Crippen molar-refractivity contribution in [2.75, 3.05) is 6.54 Å². The van der Waals surface area contributed by atoms with Crippen molar-refractivity contribution in [1.82, 2.24) is 5.32 Å². The van der Waals surface area contributed by atoms with E-state index >= 15 is 0 Å². The molecule has 0 spiro atoms. The Morgan fingerprint density at radius 1 is 1.18 bits per heavy atom. The van der Waals surface area contributed by atoms with E-state index in [4.69, 9.17) is 0 Å². The molecular formula is C14H22BrNO. The van der Waals surface area contributed by atoms with Crippen LogP contribution in [0.2, 0.25) is 0 Å². The van der Waals surface area contributed by atoms with Gasteiger partial charge in [0.2, 0.25) is 0 Å². The first-order chi connectivity index (χ1) is 7.99. The van der Waals surface area contributed by atoms with Gasteiger partial charge in [0.05, 0.1) is 6.10 Å². The maximum absolute atomic E-state index is 9.79. The fourth-order valence-electron chi connectivity index (χ4n) is 1.81. The van der Waals surface area contributed by atoms with Crippen LogP contribution in [0.4, 0.5) is 0 Å². The molecule has 0 fully saturated rings. The van der Waals surface area contributed by atoms with Crippen molar-refractivity contribution in [3.05, 3.63) is 34.3 Å². The van der Waals surface area contributed by atoms with Crippen molar-refractivity contribution in [3.63, 3.8) is 0 Å². The van der Waals surface area contributed by atoms with E-state index in [0.717, 1.165) is 10.9 Å². The average Bonchev–Trinajstić information content (AvgIpc) is 2.26. The minimum Gasteiger partial charge on any atom is -0.392 e. The van der Waals surface area contributed by atoms with Crippen LogP contribution in [0, 0.1) is 5.92 Å². The standard InChI is InChI=1S/C14H22BrNO/c1-10(2)8-14(17)9-16-11(3)12-4-6-13(15)7-5-12/h4-7,10-11,14,16-17H,8-9H2,1-3H3. The molecule has 2 nitrogen and oxygen atoms in total. The van der Waals surface area contributed by atoms with Crippen LogP contribution in [-0.2, 0) is 0 Å². The number of benzene rings is 1. The smallest absolute Gasteiger partial charge is 0.0667 e. The molecule has 1 rings (SSSR count). The third kappa shape index (κ3) is 5.66. The lowest BCUT2D eigenvalue weighted by molar-refractivity contribution is 0.143. The Bertz CT molecular complexity index is 323. The minimum atomic E-state index is -0.257. The van der Waals surface area contributed by atoms with Crippen LogP contribution in [0.1, 0.15) is 38.8 Å². The monoisotopic (exact) mass is 299 g/mol. The lowest BCUT2D eigenvalue weighted by Gasteiger charge is -2.18. The second-order valence-corrected chi connectivity index (χ2v) is 5.88. The zero-order valence-corrected chi connectivity index (χ0v) is 12.4. The van der Waals surface area contributed by atoms with Crippen LogP contribution in [0.5, 0.6) is 0 Å². The van der Waals surface area contributed by atoms with E-state index in [2.05, 4.69) is 54.2 Å². The molecule has 0 aliphatic carbocycles. The molecule has 0 amide bonds. The number of nitrogens with one attached hydrogen (secondary N) is 1. The van der Waals surface area contributed by atoms with Gasteiger partial charge in [-0.2, -0.15) is 0 Å². The van der Waals surface area contributed by atoms with E-state index in [1.807, 2.05) is 12.1 Å². The Hall–Kier alpha value is -0.380. The highest BCUT2D eigenvalue weighted by atomic mass is 79.9. The molecular weight excluding hydrogens is 278 g/mol. The first-order valence-electron chi connectivity index (χ1n) is 6.16. The fourth-order valence-corrected chi connectivity index (χ4v) is 2.07. The van der Waals surface area contributed by atoms with Crippen LogP contribution >= 0.6 is 15.9 Å². The van der Waals surface area contributed by atoms with Crippen LogP contribution < -0.4 is 5.32 Å². The number of aliphatic hydroxyl groups is 1. The summed E-state index contributed by atoms with van der Waals surface area (Å²) in [6, 6.07) is 8.54. The first-order valence-corrected chi connectivity index (χ1v) is 6.95. The number of aliphatic hydroxyl groups excluding tert-OH is 1. The second-order valence-electron chi connectivity index (χ2n) is 4.96. The fraction of sp³-hybridized carbons (Fsp3) is 0.571. The molecule has 3 heteroatoms. The zero-order valence-electron chi connectivity index (χ0n) is 10.8. The van der Waals surface area contributed by atoms with Crippen molar-refractivity contribution < 1.29 is 5.11 Å². The van der Waals surface area contributed by atoms with E-state index in [1.165, 1.54) is 5.56 Å². The molecule has 1 aromatic rings. The van der Waals surface area contributed by atoms with E-state index in [1.54, 1.807) is 0 Å². The summed E-state index contributed by atoms with van der Waals surface area (Å²) in [5, 5.41) is 13.1. The summed E-state index contributed by atoms with van der Waals surface area (Å²) in [7, 11) is 0. The molecule has 96 valence electrons. The maximum atomic E-state index is 9.79. The highest BCUT2D eigenvalue weighted by Gasteiger charge is 2.09. The third-order valence-corrected chi connectivity index (χ3v) is 3.30. The highest BCUT2D eigenvalue weighted by molar-refractivity contribution is 9.10. The molecule has 2 unspecified atom stereocenters. The van der Waals surface area contributed by atoms with Gasteiger partial charge >= 0.3 is 0 Å². The summed E-state index contributed by atoms with van der Waals surface area (Å²) in [6.07, 6.45) is 0.591. The number of halogens is 1. The number of rotatable bonds is 6. The van der Waals surface area contributed by atoms with E-state index in [-0.39, 0.29) is 12.1 Å². The molecule has 0 saturated heterocycles. The second kappa shape index (κ2) is 7.14. The van der Waals surface area contributed by atoms with Crippen molar-refractivity contribution in [3.8, 4) is 0 Å². The van der Waals surface area contributed by atoms with Crippen molar-refractivity contribution >= 4 is 15.9 Å². The van der Waals surface area contributed by atoms with Crippen molar-refractivity contribution in [1.29, 1.82) is 0 Å². The summed E-state index contributed by atoms with van der Waals surface area (Å²) >= 11 is 3.42. The van der Waals surface area contributed by atoms with Gasteiger partial charge in [0.25, 0.3) is 0 Å². The Morgan fingerprint density at radius 3 is 2.29 bits per heavy atom. The maximum Gasteiger partial charge on any atom is 0.0667 e. The number of hydrogen-bond acceptors (Lipinski definition) is 2. The van der Waals surface area contributed by atoms with Gasteiger partial charge in [-0.3, -0.25) is 0 Å². The van der Waals surface area contributed by atoms with Crippen LogP contribution in [0.15, 0.2) is 28.7 Å². The molecule has 2 N–H and O–H groups in total.